The van der Waals surface area contributed by atoms with E-state index in [9.17, 15) is 8.42 Å². The minimum absolute atomic E-state index is 0.199. The summed E-state index contributed by atoms with van der Waals surface area (Å²) in [5, 5.41) is 0. The summed E-state index contributed by atoms with van der Waals surface area (Å²) in [7, 11) is -0.708. The van der Waals surface area contributed by atoms with E-state index >= 15 is 0 Å². The summed E-state index contributed by atoms with van der Waals surface area (Å²) in [6.07, 6.45) is 0. The molecule has 158 valence electrons. The van der Waals surface area contributed by atoms with Crippen molar-refractivity contribution in [3.8, 4) is 11.5 Å². The zero-order chi connectivity index (χ0) is 21.7. The van der Waals surface area contributed by atoms with Crippen molar-refractivity contribution in [3.63, 3.8) is 0 Å². The predicted octanol–water partition coefficient (Wildman–Crippen LogP) is 5.22. The van der Waals surface area contributed by atoms with Crippen LogP contribution in [0.2, 0.25) is 0 Å². The number of rotatable bonds is 8. The molecule has 3 aromatic rings. The summed E-state index contributed by atoms with van der Waals surface area (Å²) in [4.78, 5) is 0.235. The van der Waals surface area contributed by atoms with E-state index in [1.807, 2.05) is 24.3 Å². The Hall–Kier alpha value is -2.99. The Balaban J connectivity index is 2.07. The maximum Gasteiger partial charge on any atom is 0.264 e. The van der Waals surface area contributed by atoms with Crippen molar-refractivity contribution in [2.75, 3.05) is 18.5 Å². The Bertz CT molecular complexity index is 1080. The summed E-state index contributed by atoms with van der Waals surface area (Å²) < 4.78 is 39.1. The zero-order valence-electron chi connectivity index (χ0n) is 17.7. The molecule has 0 aliphatic heterocycles. The summed E-state index contributed by atoms with van der Waals surface area (Å²) in [6.45, 7) is 4.46. The molecule has 0 saturated carbocycles. The molecule has 0 unspecified atom stereocenters. The van der Waals surface area contributed by atoms with Crippen molar-refractivity contribution in [1.82, 2.24) is 0 Å². The highest BCUT2D eigenvalue weighted by Crippen LogP contribution is 2.34. The molecule has 0 amide bonds. The lowest BCUT2D eigenvalue weighted by atomic mass is 10.0. The van der Waals surface area contributed by atoms with Gasteiger partial charge in [-0.3, -0.25) is 4.31 Å². The smallest absolute Gasteiger partial charge is 0.264 e. The highest BCUT2D eigenvalue weighted by atomic mass is 32.2. The monoisotopic (exact) mass is 425 g/mol. The first-order valence-electron chi connectivity index (χ1n) is 9.75. The van der Waals surface area contributed by atoms with Crippen LogP contribution in [-0.4, -0.2) is 22.6 Å². The molecule has 0 N–H and O–H groups in total. The zero-order valence-corrected chi connectivity index (χ0v) is 18.5. The molecule has 0 aliphatic carbocycles. The molecule has 3 aromatic carbocycles. The lowest BCUT2D eigenvalue weighted by Crippen LogP contribution is -2.30. The number of methoxy groups -OCH3 is 2. The van der Waals surface area contributed by atoms with E-state index in [4.69, 9.17) is 9.47 Å². The maximum atomic E-state index is 13.5. The first-order chi connectivity index (χ1) is 14.4. The van der Waals surface area contributed by atoms with Gasteiger partial charge in [-0.25, -0.2) is 8.42 Å². The van der Waals surface area contributed by atoms with E-state index in [0.717, 1.165) is 5.56 Å². The van der Waals surface area contributed by atoms with Gasteiger partial charge in [0.2, 0.25) is 0 Å². The van der Waals surface area contributed by atoms with Gasteiger partial charge in [0.1, 0.15) is 0 Å². The molecule has 6 heteroatoms. The van der Waals surface area contributed by atoms with Gasteiger partial charge in [0, 0.05) is 6.07 Å². The van der Waals surface area contributed by atoms with Crippen LogP contribution >= 0.6 is 0 Å². The van der Waals surface area contributed by atoms with Gasteiger partial charge in [-0.05, 0) is 41.3 Å². The van der Waals surface area contributed by atoms with Gasteiger partial charge in [0.05, 0.1) is 31.3 Å². The summed E-state index contributed by atoms with van der Waals surface area (Å²) in [5.41, 5.74) is 2.61. The second kappa shape index (κ2) is 9.22. The Morgan fingerprint density at radius 2 is 1.47 bits per heavy atom. The molecule has 0 heterocycles. The molecule has 0 saturated heterocycles. The third-order valence-corrected chi connectivity index (χ3v) is 6.75. The first-order valence-corrected chi connectivity index (χ1v) is 11.2. The molecule has 0 atom stereocenters. The summed E-state index contributed by atoms with van der Waals surface area (Å²) in [5.74, 6) is 1.42. The molecule has 5 nitrogen and oxygen atoms in total. The molecule has 0 radical (unpaired) electrons. The number of nitrogens with zero attached hydrogens (tertiary/aromatic N) is 1. The van der Waals surface area contributed by atoms with Crippen LogP contribution in [0.25, 0.3) is 0 Å². The molecule has 3 rings (SSSR count). The minimum atomic E-state index is -3.79. The number of hydrogen-bond donors (Lipinski definition) is 0. The largest absolute Gasteiger partial charge is 0.493 e. The molecule has 0 aliphatic rings. The van der Waals surface area contributed by atoms with Gasteiger partial charge in [-0.2, -0.15) is 0 Å². The van der Waals surface area contributed by atoms with E-state index in [1.54, 1.807) is 55.6 Å². The van der Waals surface area contributed by atoms with E-state index < -0.39 is 10.0 Å². The van der Waals surface area contributed by atoms with Crippen molar-refractivity contribution < 1.29 is 17.9 Å². The van der Waals surface area contributed by atoms with Gasteiger partial charge in [-0.1, -0.05) is 56.3 Å². The van der Waals surface area contributed by atoms with Crippen molar-refractivity contribution in [2.45, 2.75) is 31.2 Å². The summed E-state index contributed by atoms with van der Waals surface area (Å²) >= 11 is 0. The lowest BCUT2D eigenvalue weighted by molar-refractivity contribution is 0.355. The minimum Gasteiger partial charge on any atom is -0.493 e. The number of sulfonamides is 1. The quantitative estimate of drug-likeness (QED) is 0.496. The topological polar surface area (TPSA) is 55.8 Å². The fourth-order valence-corrected chi connectivity index (χ4v) is 4.65. The van der Waals surface area contributed by atoms with Crippen molar-refractivity contribution in [2.24, 2.45) is 0 Å². The molecule has 0 bridgehead atoms. The second-order valence-electron chi connectivity index (χ2n) is 7.26. The molecule has 30 heavy (non-hydrogen) atoms. The van der Waals surface area contributed by atoms with E-state index in [-0.39, 0.29) is 11.4 Å². The van der Waals surface area contributed by atoms with E-state index in [1.165, 1.54) is 17.0 Å². The van der Waals surface area contributed by atoms with Crippen molar-refractivity contribution in [3.05, 3.63) is 83.9 Å². The van der Waals surface area contributed by atoms with Crippen LogP contribution in [0.15, 0.2) is 77.7 Å². The third-order valence-electron chi connectivity index (χ3n) is 4.96. The van der Waals surface area contributed by atoms with Gasteiger partial charge in [0.25, 0.3) is 10.0 Å². The van der Waals surface area contributed by atoms with Crippen molar-refractivity contribution in [1.29, 1.82) is 0 Å². The van der Waals surface area contributed by atoms with Crippen LogP contribution in [-0.2, 0) is 16.6 Å². The van der Waals surface area contributed by atoms with Crippen LogP contribution in [0.3, 0.4) is 0 Å². The third kappa shape index (κ3) is 4.60. The molecular weight excluding hydrogens is 398 g/mol. The van der Waals surface area contributed by atoms with E-state index in [2.05, 4.69) is 13.8 Å². The molecule has 0 spiro atoms. The van der Waals surface area contributed by atoms with Crippen LogP contribution in [0.5, 0.6) is 11.5 Å². The highest BCUT2D eigenvalue weighted by molar-refractivity contribution is 7.92. The predicted molar refractivity (Wildman–Crippen MR) is 120 cm³/mol. The van der Waals surface area contributed by atoms with Gasteiger partial charge in [0.15, 0.2) is 11.5 Å². The standard InChI is InChI=1S/C24H27NO4S/c1-18(2)20-12-10-19(11-13-20)17-25(30(26,27)22-8-6-5-7-9-22)21-14-15-23(28-3)24(16-21)29-4/h5-16,18H,17H2,1-4H3. The average molecular weight is 426 g/mol. The number of anilines is 1. The van der Waals surface area contributed by atoms with Gasteiger partial charge >= 0.3 is 0 Å². The Morgan fingerprint density at radius 3 is 2.03 bits per heavy atom. The Morgan fingerprint density at radius 1 is 0.833 bits per heavy atom. The van der Waals surface area contributed by atoms with E-state index in [0.29, 0.717) is 23.1 Å². The van der Waals surface area contributed by atoms with Crippen LogP contribution in [0.1, 0.15) is 30.9 Å². The Kier molecular flexibility index (Phi) is 6.67. The Labute approximate surface area is 178 Å². The SMILES string of the molecule is COc1ccc(N(Cc2ccc(C(C)C)cc2)S(=O)(=O)c2ccccc2)cc1OC. The summed E-state index contributed by atoms with van der Waals surface area (Å²) in [6, 6.07) is 21.6. The van der Waals surface area contributed by atoms with Gasteiger partial charge in [-0.15, -0.1) is 0 Å². The molecule has 0 aromatic heterocycles. The second-order valence-corrected chi connectivity index (χ2v) is 9.12. The van der Waals surface area contributed by atoms with Crippen molar-refractivity contribution >= 4 is 15.7 Å². The number of ether oxygens (including phenoxy) is 2. The first kappa shape index (κ1) is 21.7. The molecule has 0 fully saturated rings. The number of benzene rings is 3. The fraction of sp³-hybridized carbons (Fsp3) is 0.250. The lowest BCUT2D eigenvalue weighted by Gasteiger charge is -2.25. The number of hydrogen-bond acceptors (Lipinski definition) is 4. The van der Waals surface area contributed by atoms with Crippen LogP contribution < -0.4 is 13.8 Å². The fourth-order valence-electron chi connectivity index (χ4n) is 3.19. The van der Waals surface area contributed by atoms with Crippen LogP contribution in [0.4, 0.5) is 5.69 Å². The maximum absolute atomic E-state index is 13.5. The molecular formula is C24H27NO4S. The normalized spacial score (nSPS) is 11.4. The average Bonchev–Trinajstić information content (AvgIpc) is 2.77. The highest BCUT2D eigenvalue weighted by Gasteiger charge is 2.26. The van der Waals surface area contributed by atoms with Crippen LogP contribution in [0, 0.1) is 0 Å². The van der Waals surface area contributed by atoms with Gasteiger partial charge < -0.3 is 9.47 Å².